The third-order valence-corrected chi connectivity index (χ3v) is 5.05. The van der Waals surface area contributed by atoms with Crippen LogP contribution in [0.5, 0.6) is 11.6 Å². The lowest BCUT2D eigenvalue weighted by molar-refractivity contribution is 0.202. The number of phenolic OH excluding ortho intramolecular Hbond substituents is 1. The molecule has 0 saturated carbocycles. The molecule has 0 spiro atoms. The Balaban J connectivity index is 1.35. The molecule has 1 fully saturated rings. The first kappa shape index (κ1) is 17.5. The summed E-state index contributed by atoms with van der Waals surface area (Å²) in [5.74, 6) is 1.43. The lowest BCUT2D eigenvalue weighted by atomic mass is 9.89. The zero-order valence-electron chi connectivity index (χ0n) is 15.3. The van der Waals surface area contributed by atoms with Gasteiger partial charge >= 0.3 is 0 Å². The highest BCUT2D eigenvalue weighted by molar-refractivity contribution is 5.31. The Kier molecular flexibility index (Phi) is 5.02. The van der Waals surface area contributed by atoms with Gasteiger partial charge in [0.2, 0.25) is 5.88 Å². The number of aromatic nitrogens is 4. The van der Waals surface area contributed by atoms with Gasteiger partial charge in [0.25, 0.3) is 0 Å². The molecule has 0 atom stereocenters. The summed E-state index contributed by atoms with van der Waals surface area (Å²) >= 11 is 0. The molecule has 0 amide bonds. The summed E-state index contributed by atoms with van der Waals surface area (Å²) in [6, 6.07) is 11.3. The number of pyridine rings is 1. The normalized spacial score (nSPS) is 15.7. The second-order valence-electron chi connectivity index (χ2n) is 6.86. The SMILES string of the molecule is COc1ccc(-n2cc(CN3CCC(c4cccc(O)c4)CC3)nn2)cn1. The molecule has 1 aliphatic rings. The standard InChI is InChI=1S/C20H23N5O2/c1-27-20-6-5-18(12-21-20)25-14-17(22-23-25)13-24-9-7-15(8-10-24)16-3-2-4-19(26)11-16/h2-6,11-12,14-15,26H,7-10,13H2,1H3. The number of hydrogen-bond acceptors (Lipinski definition) is 6. The molecule has 2 aromatic heterocycles. The van der Waals surface area contributed by atoms with Gasteiger partial charge in [0, 0.05) is 12.6 Å². The van der Waals surface area contributed by atoms with E-state index in [1.165, 1.54) is 5.56 Å². The fourth-order valence-electron chi connectivity index (χ4n) is 3.56. The van der Waals surface area contributed by atoms with Crippen molar-refractivity contribution in [1.29, 1.82) is 0 Å². The number of likely N-dealkylation sites (tertiary alicyclic amines) is 1. The predicted octanol–water partition coefficient (Wildman–Crippen LogP) is 2.76. The van der Waals surface area contributed by atoms with Crippen molar-refractivity contribution in [2.75, 3.05) is 20.2 Å². The molecule has 0 bridgehead atoms. The lowest BCUT2D eigenvalue weighted by Gasteiger charge is -2.31. The average molecular weight is 365 g/mol. The van der Waals surface area contributed by atoms with Crippen LogP contribution in [0, 0.1) is 0 Å². The number of aromatic hydroxyl groups is 1. The van der Waals surface area contributed by atoms with Gasteiger partial charge in [0.15, 0.2) is 0 Å². The molecule has 1 aromatic carbocycles. The van der Waals surface area contributed by atoms with Crippen LogP contribution in [-0.4, -0.2) is 50.2 Å². The number of methoxy groups -OCH3 is 1. The Bertz CT molecular complexity index is 885. The van der Waals surface area contributed by atoms with Crippen LogP contribution in [0.3, 0.4) is 0 Å². The highest BCUT2D eigenvalue weighted by Crippen LogP contribution is 2.30. The summed E-state index contributed by atoms with van der Waals surface area (Å²) < 4.78 is 6.82. The Morgan fingerprint density at radius 1 is 1.19 bits per heavy atom. The lowest BCUT2D eigenvalue weighted by Crippen LogP contribution is -2.32. The van der Waals surface area contributed by atoms with Crippen molar-refractivity contribution in [2.45, 2.75) is 25.3 Å². The summed E-state index contributed by atoms with van der Waals surface area (Å²) in [4.78, 5) is 6.61. The fourth-order valence-corrected chi connectivity index (χ4v) is 3.56. The van der Waals surface area contributed by atoms with Gasteiger partial charge in [-0.05, 0) is 55.6 Å². The molecule has 1 N–H and O–H groups in total. The summed E-state index contributed by atoms with van der Waals surface area (Å²) in [5, 5.41) is 18.2. The highest BCUT2D eigenvalue weighted by Gasteiger charge is 2.21. The van der Waals surface area contributed by atoms with Crippen LogP contribution in [0.4, 0.5) is 0 Å². The molecule has 27 heavy (non-hydrogen) atoms. The molecular formula is C20H23N5O2. The highest BCUT2D eigenvalue weighted by atomic mass is 16.5. The van der Waals surface area contributed by atoms with E-state index < -0.39 is 0 Å². The van der Waals surface area contributed by atoms with E-state index in [0.717, 1.165) is 43.9 Å². The van der Waals surface area contributed by atoms with Crippen LogP contribution in [0.15, 0.2) is 48.8 Å². The van der Waals surface area contributed by atoms with Gasteiger partial charge in [-0.15, -0.1) is 5.10 Å². The van der Waals surface area contributed by atoms with Crippen molar-refractivity contribution in [1.82, 2.24) is 24.9 Å². The minimum Gasteiger partial charge on any atom is -0.508 e. The van der Waals surface area contributed by atoms with Crippen LogP contribution in [-0.2, 0) is 6.54 Å². The predicted molar refractivity (Wildman–Crippen MR) is 101 cm³/mol. The van der Waals surface area contributed by atoms with Gasteiger partial charge in [-0.25, -0.2) is 9.67 Å². The Morgan fingerprint density at radius 2 is 2.04 bits per heavy atom. The van der Waals surface area contributed by atoms with Crippen LogP contribution in [0.1, 0.15) is 30.0 Å². The van der Waals surface area contributed by atoms with Crippen LogP contribution < -0.4 is 4.74 Å². The Hall–Kier alpha value is -2.93. The molecule has 0 aliphatic carbocycles. The van der Waals surface area contributed by atoms with Gasteiger partial charge < -0.3 is 9.84 Å². The van der Waals surface area contributed by atoms with Gasteiger partial charge in [0.05, 0.1) is 30.9 Å². The number of hydrogen-bond donors (Lipinski definition) is 1. The average Bonchev–Trinajstić information content (AvgIpc) is 3.17. The second-order valence-corrected chi connectivity index (χ2v) is 6.86. The largest absolute Gasteiger partial charge is 0.508 e. The van der Waals surface area contributed by atoms with Crippen molar-refractivity contribution in [3.8, 4) is 17.3 Å². The zero-order valence-corrected chi connectivity index (χ0v) is 15.3. The van der Waals surface area contributed by atoms with E-state index in [2.05, 4.69) is 26.3 Å². The maximum Gasteiger partial charge on any atom is 0.213 e. The van der Waals surface area contributed by atoms with Crippen LogP contribution in [0.2, 0.25) is 0 Å². The molecule has 140 valence electrons. The number of nitrogens with zero attached hydrogens (tertiary/aromatic N) is 5. The van der Waals surface area contributed by atoms with Gasteiger partial charge in [-0.3, -0.25) is 4.90 Å². The maximum absolute atomic E-state index is 9.68. The monoisotopic (exact) mass is 365 g/mol. The Morgan fingerprint density at radius 3 is 2.74 bits per heavy atom. The molecule has 3 aromatic rings. The summed E-state index contributed by atoms with van der Waals surface area (Å²) in [7, 11) is 1.60. The molecule has 7 heteroatoms. The maximum atomic E-state index is 9.68. The van der Waals surface area contributed by atoms with Crippen LogP contribution in [0.25, 0.3) is 5.69 Å². The van der Waals surface area contributed by atoms with E-state index in [1.807, 2.05) is 30.5 Å². The Labute approximate surface area is 158 Å². The molecule has 4 rings (SSSR count). The summed E-state index contributed by atoms with van der Waals surface area (Å²) in [6.07, 6.45) is 5.84. The minimum atomic E-state index is 0.347. The van der Waals surface area contributed by atoms with Crippen molar-refractivity contribution in [2.24, 2.45) is 0 Å². The molecule has 1 saturated heterocycles. The smallest absolute Gasteiger partial charge is 0.213 e. The number of ether oxygens (including phenoxy) is 1. The first-order valence-corrected chi connectivity index (χ1v) is 9.14. The first-order valence-electron chi connectivity index (χ1n) is 9.14. The number of phenols is 1. The third kappa shape index (κ3) is 4.09. The molecule has 3 heterocycles. The van der Waals surface area contributed by atoms with Gasteiger partial charge in [-0.1, -0.05) is 17.3 Å². The minimum absolute atomic E-state index is 0.347. The first-order chi connectivity index (χ1) is 13.2. The van der Waals surface area contributed by atoms with Crippen molar-refractivity contribution >= 4 is 0 Å². The zero-order chi connectivity index (χ0) is 18.6. The van der Waals surface area contributed by atoms with E-state index in [1.54, 1.807) is 24.1 Å². The van der Waals surface area contributed by atoms with Gasteiger partial charge in [0.1, 0.15) is 5.75 Å². The number of benzene rings is 1. The van der Waals surface area contributed by atoms with Gasteiger partial charge in [-0.2, -0.15) is 0 Å². The molecule has 0 unspecified atom stereocenters. The molecular weight excluding hydrogens is 342 g/mol. The van der Waals surface area contributed by atoms with E-state index in [0.29, 0.717) is 17.5 Å². The molecule has 0 radical (unpaired) electrons. The quantitative estimate of drug-likeness (QED) is 0.749. The molecule has 1 aliphatic heterocycles. The third-order valence-electron chi connectivity index (χ3n) is 5.05. The van der Waals surface area contributed by atoms with E-state index in [-0.39, 0.29) is 0 Å². The van der Waals surface area contributed by atoms with Crippen molar-refractivity contribution in [3.05, 3.63) is 60.0 Å². The van der Waals surface area contributed by atoms with E-state index >= 15 is 0 Å². The summed E-state index contributed by atoms with van der Waals surface area (Å²) in [5.41, 5.74) is 3.03. The molecule has 7 nitrogen and oxygen atoms in total. The number of rotatable bonds is 5. The van der Waals surface area contributed by atoms with Crippen molar-refractivity contribution < 1.29 is 9.84 Å². The fraction of sp³-hybridized carbons (Fsp3) is 0.350. The topological polar surface area (TPSA) is 76.3 Å². The summed E-state index contributed by atoms with van der Waals surface area (Å²) in [6.45, 7) is 2.81. The van der Waals surface area contributed by atoms with Crippen molar-refractivity contribution in [3.63, 3.8) is 0 Å². The van der Waals surface area contributed by atoms with E-state index in [9.17, 15) is 5.11 Å². The number of piperidine rings is 1. The second kappa shape index (κ2) is 7.75. The van der Waals surface area contributed by atoms with E-state index in [4.69, 9.17) is 4.74 Å². The van der Waals surface area contributed by atoms with Crippen LogP contribution >= 0.6 is 0 Å².